The van der Waals surface area contributed by atoms with Crippen LogP contribution in [0.2, 0.25) is 0 Å². The van der Waals surface area contributed by atoms with E-state index in [-0.39, 0.29) is 0 Å². The topological polar surface area (TPSA) is 47.3 Å². The monoisotopic (exact) mass is 238 g/mol. The molecular weight excluding hydrogens is 216 g/mol. The van der Waals surface area contributed by atoms with Gasteiger partial charge in [0.15, 0.2) is 0 Å². The third-order valence-corrected chi connectivity index (χ3v) is 3.31. The van der Waals surface area contributed by atoms with E-state index in [4.69, 9.17) is 9.26 Å². The van der Waals surface area contributed by atoms with Gasteiger partial charge in [-0.2, -0.15) is 0 Å². The number of hydrogen-bond donors (Lipinski definition) is 1. The molecule has 0 unspecified atom stereocenters. The minimum absolute atomic E-state index is 0.736. The standard InChI is InChI=1S/C13H22N2O2/c1-16-9-8-14-10-12-11-6-4-2-3-5-7-13(11)17-15-12/h14H,2-10H2,1H3. The van der Waals surface area contributed by atoms with Gasteiger partial charge >= 0.3 is 0 Å². The van der Waals surface area contributed by atoms with Crippen molar-refractivity contribution in [1.29, 1.82) is 0 Å². The maximum absolute atomic E-state index is 5.46. The molecule has 4 nitrogen and oxygen atoms in total. The van der Waals surface area contributed by atoms with Crippen LogP contribution >= 0.6 is 0 Å². The molecule has 1 N–H and O–H groups in total. The van der Waals surface area contributed by atoms with Crippen LogP contribution in [-0.2, 0) is 24.1 Å². The number of aromatic nitrogens is 1. The number of nitrogens with one attached hydrogen (secondary N) is 1. The van der Waals surface area contributed by atoms with Crippen LogP contribution in [0.15, 0.2) is 4.52 Å². The number of nitrogens with zero attached hydrogens (tertiary/aromatic N) is 1. The van der Waals surface area contributed by atoms with Gasteiger partial charge in [-0.1, -0.05) is 18.0 Å². The lowest BCUT2D eigenvalue weighted by Crippen LogP contribution is -2.19. The second kappa shape index (κ2) is 6.77. The highest BCUT2D eigenvalue weighted by molar-refractivity contribution is 5.23. The van der Waals surface area contributed by atoms with Gasteiger partial charge in [-0.05, 0) is 19.3 Å². The summed E-state index contributed by atoms with van der Waals surface area (Å²) in [6, 6.07) is 0. The Hall–Kier alpha value is -0.870. The van der Waals surface area contributed by atoms with Gasteiger partial charge < -0.3 is 14.6 Å². The van der Waals surface area contributed by atoms with Gasteiger partial charge in [0.1, 0.15) is 11.5 Å². The summed E-state index contributed by atoms with van der Waals surface area (Å²) in [6.07, 6.45) is 7.33. The highest BCUT2D eigenvalue weighted by Gasteiger charge is 2.16. The molecule has 0 fully saturated rings. The Morgan fingerprint density at radius 1 is 1.24 bits per heavy atom. The summed E-state index contributed by atoms with van der Waals surface area (Å²) in [4.78, 5) is 0. The van der Waals surface area contributed by atoms with Crippen molar-refractivity contribution in [2.45, 2.75) is 45.1 Å². The van der Waals surface area contributed by atoms with Crippen molar-refractivity contribution >= 4 is 0 Å². The summed E-state index contributed by atoms with van der Waals surface area (Å²) in [5.41, 5.74) is 2.45. The third-order valence-electron chi connectivity index (χ3n) is 3.31. The van der Waals surface area contributed by atoms with Gasteiger partial charge in [0.25, 0.3) is 0 Å². The Balaban J connectivity index is 1.93. The number of fused-ring (bicyclic) bond motifs is 1. The molecule has 2 rings (SSSR count). The maximum Gasteiger partial charge on any atom is 0.140 e. The maximum atomic E-state index is 5.46. The quantitative estimate of drug-likeness (QED) is 0.798. The predicted octanol–water partition coefficient (Wildman–Crippen LogP) is 2.07. The van der Waals surface area contributed by atoms with E-state index in [1.165, 1.54) is 31.2 Å². The van der Waals surface area contributed by atoms with Gasteiger partial charge in [0, 0.05) is 32.2 Å². The first-order valence-corrected chi connectivity index (χ1v) is 6.57. The molecular formula is C13H22N2O2. The fourth-order valence-electron chi connectivity index (χ4n) is 2.32. The van der Waals surface area contributed by atoms with Crippen molar-refractivity contribution in [2.75, 3.05) is 20.3 Å². The molecule has 17 heavy (non-hydrogen) atoms. The van der Waals surface area contributed by atoms with Crippen LogP contribution < -0.4 is 5.32 Å². The van der Waals surface area contributed by atoms with Gasteiger partial charge in [-0.3, -0.25) is 0 Å². The molecule has 0 bridgehead atoms. The number of aryl methyl sites for hydroxylation is 1. The summed E-state index contributed by atoms with van der Waals surface area (Å²) in [7, 11) is 1.72. The average molecular weight is 238 g/mol. The van der Waals surface area contributed by atoms with Crippen molar-refractivity contribution in [1.82, 2.24) is 10.5 Å². The Morgan fingerprint density at radius 2 is 2.06 bits per heavy atom. The van der Waals surface area contributed by atoms with Crippen LogP contribution in [0, 0.1) is 0 Å². The molecule has 0 spiro atoms. The van der Waals surface area contributed by atoms with Crippen molar-refractivity contribution in [3.8, 4) is 0 Å². The summed E-state index contributed by atoms with van der Waals surface area (Å²) < 4.78 is 10.5. The predicted molar refractivity (Wildman–Crippen MR) is 66.0 cm³/mol. The molecule has 1 aliphatic carbocycles. The molecule has 4 heteroatoms. The second-order valence-corrected chi connectivity index (χ2v) is 4.61. The smallest absolute Gasteiger partial charge is 0.140 e. The van der Waals surface area contributed by atoms with Crippen LogP contribution in [0.5, 0.6) is 0 Å². The largest absolute Gasteiger partial charge is 0.383 e. The minimum atomic E-state index is 0.736. The van der Waals surface area contributed by atoms with Gasteiger partial charge in [-0.15, -0.1) is 0 Å². The number of hydrogen-bond acceptors (Lipinski definition) is 4. The summed E-state index contributed by atoms with van der Waals surface area (Å²) in [6.45, 7) is 2.39. The first kappa shape index (κ1) is 12.6. The molecule has 0 atom stereocenters. The van der Waals surface area contributed by atoms with E-state index in [9.17, 15) is 0 Å². The van der Waals surface area contributed by atoms with E-state index in [0.29, 0.717) is 0 Å². The van der Waals surface area contributed by atoms with E-state index < -0.39 is 0 Å². The van der Waals surface area contributed by atoms with E-state index in [2.05, 4.69) is 10.5 Å². The van der Waals surface area contributed by atoms with E-state index in [1.54, 1.807) is 7.11 Å². The van der Waals surface area contributed by atoms with Crippen LogP contribution in [0.4, 0.5) is 0 Å². The molecule has 0 aliphatic heterocycles. The third kappa shape index (κ3) is 3.54. The van der Waals surface area contributed by atoms with Crippen LogP contribution in [0.3, 0.4) is 0 Å². The molecule has 1 heterocycles. The Morgan fingerprint density at radius 3 is 2.88 bits per heavy atom. The van der Waals surface area contributed by atoms with Crippen molar-refractivity contribution in [3.63, 3.8) is 0 Å². The molecule has 0 saturated heterocycles. The molecule has 0 radical (unpaired) electrons. The number of ether oxygens (including phenoxy) is 1. The minimum Gasteiger partial charge on any atom is -0.383 e. The normalized spacial score (nSPS) is 16.3. The summed E-state index contributed by atoms with van der Waals surface area (Å²) in [5.74, 6) is 1.12. The SMILES string of the molecule is COCCNCc1noc2c1CCCCCC2. The van der Waals surface area contributed by atoms with E-state index in [1.807, 2.05) is 0 Å². The van der Waals surface area contributed by atoms with E-state index >= 15 is 0 Å². The van der Waals surface area contributed by atoms with Crippen molar-refractivity contribution in [3.05, 3.63) is 17.0 Å². The van der Waals surface area contributed by atoms with Gasteiger partial charge in [0.05, 0.1) is 6.61 Å². The fraction of sp³-hybridized carbons (Fsp3) is 0.769. The van der Waals surface area contributed by atoms with Crippen molar-refractivity contribution < 1.29 is 9.26 Å². The van der Waals surface area contributed by atoms with E-state index in [0.717, 1.165) is 44.0 Å². The van der Waals surface area contributed by atoms with Crippen LogP contribution in [0.1, 0.15) is 42.7 Å². The summed E-state index contributed by atoms with van der Waals surface area (Å²) in [5, 5.41) is 7.53. The van der Waals surface area contributed by atoms with Gasteiger partial charge in [-0.25, -0.2) is 0 Å². The lowest BCUT2D eigenvalue weighted by molar-refractivity contribution is 0.199. The molecule has 1 aromatic heterocycles. The lowest BCUT2D eigenvalue weighted by Gasteiger charge is -2.08. The van der Waals surface area contributed by atoms with Crippen molar-refractivity contribution in [2.24, 2.45) is 0 Å². The Labute approximate surface area is 103 Å². The van der Waals surface area contributed by atoms with Gasteiger partial charge in [0.2, 0.25) is 0 Å². The zero-order valence-electron chi connectivity index (χ0n) is 10.6. The zero-order valence-corrected chi connectivity index (χ0v) is 10.6. The first-order valence-electron chi connectivity index (χ1n) is 6.57. The number of methoxy groups -OCH3 is 1. The first-order chi connectivity index (χ1) is 8.42. The fourth-order valence-corrected chi connectivity index (χ4v) is 2.32. The highest BCUT2D eigenvalue weighted by Crippen LogP contribution is 2.22. The molecule has 0 amide bonds. The average Bonchev–Trinajstić information content (AvgIpc) is 2.66. The molecule has 1 aromatic rings. The second-order valence-electron chi connectivity index (χ2n) is 4.61. The molecule has 0 saturated carbocycles. The zero-order chi connectivity index (χ0) is 11.9. The Bertz CT molecular complexity index is 336. The highest BCUT2D eigenvalue weighted by atomic mass is 16.5. The Kier molecular flexibility index (Phi) is 5.01. The number of rotatable bonds is 5. The van der Waals surface area contributed by atoms with Crippen LogP contribution in [0.25, 0.3) is 0 Å². The van der Waals surface area contributed by atoms with Crippen LogP contribution in [-0.4, -0.2) is 25.4 Å². The lowest BCUT2D eigenvalue weighted by atomic mass is 9.97. The molecule has 96 valence electrons. The molecule has 0 aromatic carbocycles. The molecule has 1 aliphatic rings. The summed E-state index contributed by atoms with van der Waals surface area (Å²) >= 11 is 0.